The van der Waals surface area contributed by atoms with Gasteiger partial charge in [-0.05, 0) is 71.9 Å². The van der Waals surface area contributed by atoms with Gasteiger partial charge >= 0.3 is 5.97 Å². The quantitative estimate of drug-likeness (QED) is 0.215. The fourth-order valence-corrected chi connectivity index (χ4v) is 6.15. The molecule has 0 bridgehead atoms. The Morgan fingerprint density at radius 2 is 1.84 bits per heavy atom. The summed E-state index contributed by atoms with van der Waals surface area (Å²) in [4.78, 5) is 47.4. The van der Waals surface area contributed by atoms with Crippen molar-refractivity contribution in [3.05, 3.63) is 118 Å². The number of methoxy groups -OCH3 is 1. The standard InChI is InChI=1S/C37H35N3O5/c1-23(16-35(42)43)25-9-11-29(12-10-25)37(2)20-28(22-39-37)33(41)17-24-8-13-30(34(18-24)45-3)31-19-27(21-38-31)36(44)40-15-14-26-6-4-5-7-32(26)40/h4-13,18-23,38H,14-17H2,1-3H3,(H,42,43). The van der Waals surface area contributed by atoms with E-state index in [1.54, 1.807) is 19.5 Å². The highest BCUT2D eigenvalue weighted by Gasteiger charge is 2.30. The maximum atomic E-state index is 13.3. The number of aliphatic carboxylic acids is 1. The van der Waals surface area contributed by atoms with Crippen LogP contribution in [0, 0.1) is 0 Å². The molecule has 2 unspecified atom stereocenters. The van der Waals surface area contributed by atoms with Gasteiger partial charge in [0.1, 0.15) is 11.3 Å². The number of fused-ring (bicyclic) bond motifs is 1. The number of anilines is 1. The molecule has 0 radical (unpaired) electrons. The van der Waals surface area contributed by atoms with Crippen LogP contribution in [0.4, 0.5) is 5.69 Å². The van der Waals surface area contributed by atoms with Gasteiger partial charge in [-0.2, -0.15) is 0 Å². The third-order valence-electron chi connectivity index (χ3n) is 8.76. The van der Waals surface area contributed by atoms with Crippen LogP contribution in [-0.4, -0.2) is 47.6 Å². The molecule has 45 heavy (non-hydrogen) atoms. The summed E-state index contributed by atoms with van der Waals surface area (Å²) < 4.78 is 5.70. The predicted octanol–water partition coefficient (Wildman–Crippen LogP) is 6.51. The number of benzene rings is 3. The molecular formula is C37H35N3O5. The highest BCUT2D eigenvalue weighted by Crippen LogP contribution is 2.35. The number of carbonyl (C=O) groups is 3. The van der Waals surface area contributed by atoms with E-state index in [1.165, 1.54) is 5.56 Å². The van der Waals surface area contributed by atoms with Crippen molar-refractivity contribution in [1.82, 2.24) is 4.98 Å². The van der Waals surface area contributed by atoms with Crippen LogP contribution in [0.5, 0.6) is 5.75 Å². The fraction of sp³-hybridized carbons (Fsp3) is 0.243. The maximum absolute atomic E-state index is 13.3. The molecule has 4 aromatic rings. The molecule has 0 saturated carbocycles. The van der Waals surface area contributed by atoms with Crippen LogP contribution in [-0.2, 0) is 28.0 Å². The van der Waals surface area contributed by atoms with Crippen LogP contribution >= 0.6 is 0 Å². The summed E-state index contributed by atoms with van der Waals surface area (Å²) in [5, 5.41) is 9.09. The largest absolute Gasteiger partial charge is 0.496 e. The molecule has 6 rings (SSSR count). The second-order valence-corrected chi connectivity index (χ2v) is 11.9. The van der Waals surface area contributed by atoms with Crippen LogP contribution < -0.4 is 9.64 Å². The number of carboxylic acids is 1. The van der Waals surface area contributed by atoms with Gasteiger partial charge in [0.2, 0.25) is 0 Å². The number of Topliss-reactive ketones (excluding diaryl/α,β-unsaturated/α-hetero) is 1. The van der Waals surface area contributed by atoms with Gasteiger partial charge in [0.15, 0.2) is 5.78 Å². The summed E-state index contributed by atoms with van der Waals surface area (Å²) in [5.74, 6) is -0.425. The minimum Gasteiger partial charge on any atom is -0.496 e. The van der Waals surface area contributed by atoms with Crippen LogP contribution in [0.1, 0.15) is 58.8 Å². The van der Waals surface area contributed by atoms with E-state index in [0.29, 0.717) is 23.4 Å². The number of carbonyl (C=O) groups excluding carboxylic acids is 2. The molecule has 228 valence electrons. The van der Waals surface area contributed by atoms with Crippen LogP contribution in [0.25, 0.3) is 11.3 Å². The Morgan fingerprint density at radius 1 is 1.07 bits per heavy atom. The number of nitrogens with one attached hydrogen (secondary N) is 1. The second-order valence-electron chi connectivity index (χ2n) is 11.9. The number of hydrogen-bond donors (Lipinski definition) is 2. The average Bonchev–Trinajstić information content (AvgIpc) is 3.80. The number of nitrogens with zero attached hydrogens (tertiary/aromatic N) is 2. The number of ether oxygens (including phenoxy) is 1. The summed E-state index contributed by atoms with van der Waals surface area (Å²) in [5.41, 5.74) is 6.80. The number of rotatable bonds is 10. The van der Waals surface area contributed by atoms with E-state index in [0.717, 1.165) is 40.1 Å². The molecule has 3 heterocycles. The van der Waals surface area contributed by atoms with Gasteiger partial charge in [0.25, 0.3) is 5.91 Å². The van der Waals surface area contributed by atoms with E-state index in [4.69, 9.17) is 9.84 Å². The molecule has 0 fully saturated rings. The first-order chi connectivity index (χ1) is 21.6. The Morgan fingerprint density at radius 3 is 2.60 bits per heavy atom. The maximum Gasteiger partial charge on any atom is 0.303 e. The molecule has 2 N–H and O–H groups in total. The Kier molecular flexibility index (Phi) is 7.97. The number of carboxylic acid groups (broad SMARTS) is 1. The lowest BCUT2D eigenvalue weighted by Gasteiger charge is -2.20. The van der Waals surface area contributed by atoms with E-state index < -0.39 is 11.5 Å². The molecule has 0 aliphatic carbocycles. The number of allylic oxidation sites excluding steroid dienone is 1. The first-order valence-corrected chi connectivity index (χ1v) is 15.0. The third-order valence-corrected chi connectivity index (χ3v) is 8.76. The first kappa shape index (κ1) is 29.8. The van der Waals surface area contributed by atoms with Gasteiger partial charge in [-0.1, -0.05) is 55.5 Å². The molecular weight excluding hydrogens is 566 g/mol. The summed E-state index contributed by atoms with van der Waals surface area (Å²) in [6.07, 6.45) is 6.33. The van der Waals surface area contributed by atoms with E-state index in [9.17, 15) is 14.4 Å². The SMILES string of the molecule is COc1cc(CC(=O)C2=CC(C)(c3ccc(C(C)CC(=O)O)cc3)N=C2)ccc1-c1cc(C(=O)N2CCc3ccccc32)c[nH]1. The van der Waals surface area contributed by atoms with Gasteiger partial charge in [0.05, 0.1) is 19.1 Å². The van der Waals surface area contributed by atoms with E-state index in [-0.39, 0.29) is 30.4 Å². The Bertz CT molecular complexity index is 1850. The predicted molar refractivity (Wildman–Crippen MR) is 174 cm³/mol. The van der Waals surface area contributed by atoms with Crippen LogP contribution in [0.3, 0.4) is 0 Å². The van der Waals surface area contributed by atoms with Crippen molar-refractivity contribution in [2.24, 2.45) is 4.99 Å². The lowest BCUT2D eigenvalue weighted by molar-refractivity contribution is -0.137. The number of H-pyrrole nitrogens is 1. The van der Waals surface area contributed by atoms with E-state index >= 15 is 0 Å². The van der Waals surface area contributed by atoms with Crippen molar-refractivity contribution in [3.63, 3.8) is 0 Å². The number of aliphatic imine (C=N–C) groups is 1. The monoisotopic (exact) mass is 601 g/mol. The van der Waals surface area contributed by atoms with Crippen molar-refractivity contribution in [1.29, 1.82) is 0 Å². The minimum absolute atomic E-state index is 0.0502. The molecule has 0 spiro atoms. The topological polar surface area (TPSA) is 112 Å². The molecule has 3 aromatic carbocycles. The molecule has 2 aliphatic heterocycles. The van der Waals surface area contributed by atoms with E-state index in [1.807, 2.05) is 91.6 Å². The Labute approximate surface area is 262 Å². The van der Waals surface area contributed by atoms with Crippen LogP contribution in [0.15, 0.2) is 95.6 Å². The van der Waals surface area contributed by atoms with Gasteiger partial charge < -0.3 is 19.7 Å². The molecule has 2 atom stereocenters. The Hall–Kier alpha value is -5.24. The molecule has 1 amide bonds. The van der Waals surface area contributed by atoms with Crippen molar-refractivity contribution in [2.75, 3.05) is 18.6 Å². The van der Waals surface area contributed by atoms with Gasteiger partial charge in [-0.3, -0.25) is 19.4 Å². The van der Waals surface area contributed by atoms with Crippen LogP contribution in [0.2, 0.25) is 0 Å². The zero-order valence-corrected chi connectivity index (χ0v) is 25.5. The molecule has 0 saturated heterocycles. The summed E-state index contributed by atoms with van der Waals surface area (Å²) in [7, 11) is 1.59. The van der Waals surface area contributed by atoms with Crippen molar-refractivity contribution in [2.45, 2.75) is 44.6 Å². The van der Waals surface area contributed by atoms with Gasteiger partial charge in [-0.15, -0.1) is 0 Å². The highest BCUT2D eigenvalue weighted by atomic mass is 16.5. The zero-order chi connectivity index (χ0) is 31.7. The molecule has 1 aromatic heterocycles. The first-order valence-electron chi connectivity index (χ1n) is 15.0. The summed E-state index contributed by atoms with van der Waals surface area (Å²) in [6, 6.07) is 23.2. The number of para-hydroxylation sites is 1. The minimum atomic E-state index is -0.827. The van der Waals surface area contributed by atoms with Gasteiger partial charge in [0, 0.05) is 47.9 Å². The average molecular weight is 602 g/mol. The lowest BCUT2D eigenvalue weighted by Crippen LogP contribution is -2.28. The fourth-order valence-electron chi connectivity index (χ4n) is 6.15. The number of amides is 1. The van der Waals surface area contributed by atoms with Crippen molar-refractivity contribution < 1.29 is 24.2 Å². The molecule has 8 heteroatoms. The number of aromatic nitrogens is 1. The van der Waals surface area contributed by atoms with Crippen molar-refractivity contribution >= 4 is 29.6 Å². The second kappa shape index (κ2) is 12.0. The van der Waals surface area contributed by atoms with Crippen molar-refractivity contribution in [3.8, 4) is 17.0 Å². The smallest absolute Gasteiger partial charge is 0.303 e. The van der Waals surface area contributed by atoms with Gasteiger partial charge in [-0.25, -0.2) is 0 Å². The number of aromatic amines is 1. The lowest BCUT2D eigenvalue weighted by atomic mass is 9.89. The zero-order valence-electron chi connectivity index (χ0n) is 25.5. The number of ketones is 1. The van der Waals surface area contributed by atoms with E-state index in [2.05, 4.69) is 16.0 Å². The molecule has 8 nitrogen and oxygen atoms in total. The number of hydrogen-bond acceptors (Lipinski definition) is 5. The summed E-state index contributed by atoms with van der Waals surface area (Å²) in [6.45, 7) is 4.50. The normalized spacial score (nSPS) is 17.6. The highest BCUT2D eigenvalue weighted by molar-refractivity contribution is 6.15. The molecule has 2 aliphatic rings. The summed E-state index contributed by atoms with van der Waals surface area (Å²) >= 11 is 0. The Balaban J connectivity index is 1.14. The third kappa shape index (κ3) is 5.96.